The van der Waals surface area contributed by atoms with Crippen LogP contribution in [0.2, 0.25) is 0 Å². The molecule has 0 heterocycles. The zero-order valence-corrected chi connectivity index (χ0v) is 18.3. The Morgan fingerprint density at radius 1 is 1.13 bits per heavy atom. The lowest BCUT2D eigenvalue weighted by Crippen LogP contribution is -2.44. The first-order chi connectivity index (χ1) is 14.6. The molecule has 10 nitrogen and oxygen atoms in total. The number of rotatable bonds is 13. The van der Waals surface area contributed by atoms with Gasteiger partial charge < -0.3 is 9.47 Å². The summed E-state index contributed by atoms with van der Waals surface area (Å²) < 4.78 is 37.0. The van der Waals surface area contributed by atoms with Gasteiger partial charge >= 0.3 is 11.9 Å². The van der Waals surface area contributed by atoms with Gasteiger partial charge in [0, 0.05) is 19.2 Å². The van der Waals surface area contributed by atoms with Crippen molar-refractivity contribution in [3.63, 3.8) is 0 Å². The minimum Gasteiger partial charge on any atom is -0.468 e. The lowest BCUT2D eigenvalue weighted by Gasteiger charge is -2.30. The van der Waals surface area contributed by atoms with Gasteiger partial charge in [-0.25, -0.2) is 8.42 Å². The van der Waals surface area contributed by atoms with Crippen molar-refractivity contribution in [3.05, 3.63) is 59.7 Å². The van der Waals surface area contributed by atoms with E-state index in [1.807, 2.05) is 0 Å². The zero-order chi connectivity index (χ0) is 23.7. The Morgan fingerprint density at radius 3 is 2.19 bits per heavy atom. The van der Waals surface area contributed by atoms with E-state index in [2.05, 4.69) is 13.2 Å². The van der Waals surface area contributed by atoms with Crippen LogP contribution in [-0.4, -0.2) is 56.9 Å². The number of carbonyl (C=O) groups excluding carboxylic acids is 2. The number of methoxy groups -OCH3 is 2. The maximum atomic E-state index is 13.3. The molecule has 0 saturated heterocycles. The minimum atomic E-state index is -4.34. The van der Waals surface area contributed by atoms with Gasteiger partial charge in [0.15, 0.2) is 10.3 Å². The van der Waals surface area contributed by atoms with E-state index >= 15 is 0 Å². The summed E-state index contributed by atoms with van der Waals surface area (Å²) in [6.07, 6.45) is 2.63. The Kier molecular flexibility index (Phi) is 9.53. The van der Waals surface area contributed by atoms with Crippen LogP contribution >= 0.6 is 0 Å². The number of esters is 2. The Labute approximate surface area is 181 Å². The second kappa shape index (κ2) is 11.4. The summed E-state index contributed by atoms with van der Waals surface area (Å²) in [5.41, 5.74) is -2.39. The van der Waals surface area contributed by atoms with Gasteiger partial charge in [0.2, 0.25) is 10.0 Å². The number of nitrogens with zero attached hydrogens (tertiary/aromatic N) is 2. The summed E-state index contributed by atoms with van der Waals surface area (Å²) in [6.45, 7) is 6.74. The highest BCUT2D eigenvalue weighted by atomic mass is 32.2. The number of nitro benzene ring substituents is 1. The van der Waals surface area contributed by atoms with Gasteiger partial charge in [-0.05, 0) is 25.3 Å². The molecular weight excluding hydrogens is 428 g/mol. The summed E-state index contributed by atoms with van der Waals surface area (Å²) in [5.74, 6) is -1.79. The van der Waals surface area contributed by atoms with Gasteiger partial charge in [-0.1, -0.05) is 24.3 Å². The van der Waals surface area contributed by atoms with E-state index in [0.717, 1.165) is 30.7 Å². The van der Waals surface area contributed by atoms with Crippen molar-refractivity contribution in [1.29, 1.82) is 0 Å². The van der Waals surface area contributed by atoms with Gasteiger partial charge in [0.1, 0.15) is 0 Å². The minimum absolute atomic E-state index is 0.0651. The van der Waals surface area contributed by atoms with E-state index in [4.69, 9.17) is 9.47 Å². The van der Waals surface area contributed by atoms with Crippen LogP contribution in [0.25, 0.3) is 0 Å². The first kappa shape index (κ1) is 26.0. The maximum Gasteiger partial charge on any atom is 0.323 e. The molecule has 0 atom stereocenters. The smallest absolute Gasteiger partial charge is 0.323 e. The summed E-state index contributed by atoms with van der Waals surface area (Å²) in [5, 5.41) is 11.3. The highest BCUT2D eigenvalue weighted by molar-refractivity contribution is 7.89. The van der Waals surface area contributed by atoms with Gasteiger partial charge in [-0.3, -0.25) is 19.7 Å². The molecule has 1 rings (SSSR count). The van der Waals surface area contributed by atoms with Crippen molar-refractivity contribution >= 4 is 27.6 Å². The average molecular weight is 455 g/mol. The molecule has 0 aliphatic rings. The third kappa shape index (κ3) is 5.76. The largest absolute Gasteiger partial charge is 0.468 e. The Balaban J connectivity index is 3.44. The molecule has 0 aromatic heterocycles. The van der Waals surface area contributed by atoms with Crippen molar-refractivity contribution in [2.24, 2.45) is 5.41 Å². The van der Waals surface area contributed by atoms with Gasteiger partial charge in [0.05, 0.1) is 19.1 Å². The highest BCUT2D eigenvalue weighted by Crippen LogP contribution is 2.33. The van der Waals surface area contributed by atoms with Gasteiger partial charge in [-0.2, -0.15) is 4.31 Å². The summed E-state index contributed by atoms with van der Waals surface area (Å²) in [7, 11) is -2.14. The fraction of sp³-hybridized carbons (Fsp3) is 0.400. The third-order valence-corrected chi connectivity index (χ3v) is 6.64. The molecular formula is C20H26N2O8S. The van der Waals surface area contributed by atoms with Gasteiger partial charge in [0.25, 0.3) is 5.69 Å². The van der Waals surface area contributed by atoms with E-state index in [9.17, 15) is 28.1 Å². The third-order valence-electron chi connectivity index (χ3n) is 4.70. The molecule has 0 saturated carbocycles. The number of benzene rings is 1. The Hall–Kier alpha value is -3.05. The maximum absolute atomic E-state index is 13.3. The summed E-state index contributed by atoms with van der Waals surface area (Å²) in [6, 6.07) is 4.95. The first-order valence-corrected chi connectivity index (χ1v) is 10.7. The fourth-order valence-electron chi connectivity index (χ4n) is 3.06. The van der Waals surface area contributed by atoms with E-state index in [1.54, 1.807) is 0 Å². The van der Waals surface area contributed by atoms with Crippen LogP contribution in [-0.2, 0) is 29.1 Å². The van der Waals surface area contributed by atoms with Crippen LogP contribution in [0.5, 0.6) is 0 Å². The highest BCUT2D eigenvalue weighted by Gasteiger charge is 2.48. The number of ether oxygens (including phenoxy) is 2. The van der Waals surface area contributed by atoms with E-state index in [0.29, 0.717) is 0 Å². The SMILES string of the molecule is C=CCCN(CCC(CC=C)(C(=O)OC)C(=O)OC)S(=O)(=O)c1ccccc1[N+](=O)[O-]. The molecule has 170 valence electrons. The van der Waals surface area contributed by atoms with Crippen LogP contribution in [0.3, 0.4) is 0 Å². The summed E-state index contributed by atoms with van der Waals surface area (Å²) >= 11 is 0. The number of hydrogen-bond acceptors (Lipinski definition) is 8. The van der Waals surface area contributed by atoms with Crippen molar-refractivity contribution in [2.45, 2.75) is 24.2 Å². The molecule has 0 spiro atoms. The van der Waals surface area contributed by atoms with Crippen LogP contribution in [0.4, 0.5) is 5.69 Å². The number of sulfonamides is 1. The number of allylic oxidation sites excluding steroid dienone is 1. The normalized spacial score (nSPS) is 11.6. The van der Waals surface area contributed by atoms with E-state index in [1.165, 1.54) is 24.3 Å². The second-order valence-electron chi connectivity index (χ2n) is 6.51. The van der Waals surface area contributed by atoms with Crippen LogP contribution in [0, 0.1) is 15.5 Å². The number of nitro groups is 1. The molecule has 0 amide bonds. The molecule has 0 radical (unpaired) electrons. The van der Waals surface area contributed by atoms with Gasteiger partial charge in [-0.15, -0.1) is 13.2 Å². The standard InChI is InChI=1S/C20H26N2O8S/c1-5-7-14-21(31(27,28)17-11-9-8-10-16(17)22(25)26)15-13-20(12-6-2,18(23)29-3)19(24)30-4/h5-6,8-11H,1-2,7,12-15H2,3-4H3. The predicted octanol–water partition coefficient (Wildman–Crippen LogP) is 2.46. The van der Waals surface area contributed by atoms with Crippen LogP contribution in [0.15, 0.2) is 54.5 Å². The molecule has 0 fully saturated rings. The molecule has 0 N–H and O–H groups in total. The number of carbonyl (C=O) groups is 2. The lowest BCUT2D eigenvalue weighted by molar-refractivity contribution is -0.387. The predicted molar refractivity (Wildman–Crippen MR) is 113 cm³/mol. The lowest BCUT2D eigenvalue weighted by atomic mass is 9.81. The van der Waals surface area contributed by atoms with Crippen LogP contribution < -0.4 is 0 Å². The monoisotopic (exact) mass is 454 g/mol. The quantitative estimate of drug-likeness (QED) is 0.146. The first-order valence-electron chi connectivity index (χ1n) is 9.24. The van der Waals surface area contributed by atoms with Crippen LogP contribution in [0.1, 0.15) is 19.3 Å². The van der Waals surface area contributed by atoms with E-state index in [-0.39, 0.29) is 32.4 Å². The Morgan fingerprint density at radius 2 is 1.71 bits per heavy atom. The average Bonchev–Trinajstić information content (AvgIpc) is 2.76. The van der Waals surface area contributed by atoms with E-state index < -0.39 is 42.9 Å². The molecule has 0 aliphatic heterocycles. The Bertz CT molecular complexity index is 926. The number of hydrogen-bond donors (Lipinski definition) is 0. The summed E-state index contributed by atoms with van der Waals surface area (Å²) in [4.78, 5) is 35.0. The molecule has 0 bridgehead atoms. The topological polar surface area (TPSA) is 133 Å². The van der Waals surface area contributed by atoms with Crippen molar-refractivity contribution in [1.82, 2.24) is 4.31 Å². The van der Waals surface area contributed by atoms with Crippen molar-refractivity contribution in [3.8, 4) is 0 Å². The zero-order valence-electron chi connectivity index (χ0n) is 17.5. The van der Waals surface area contributed by atoms with Crippen molar-refractivity contribution < 1.29 is 32.4 Å². The second-order valence-corrected chi connectivity index (χ2v) is 8.42. The molecule has 1 aromatic rings. The molecule has 1 aromatic carbocycles. The van der Waals surface area contributed by atoms with Crippen molar-refractivity contribution in [2.75, 3.05) is 27.3 Å². The number of para-hydroxylation sites is 1. The molecule has 0 unspecified atom stereocenters. The molecule has 0 aliphatic carbocycles. The fourth-order valence-corrected chi connectivity index (χ4v) is 4.67. The molecule has 11 heteroatoms. The molecule has 31 heavy (non-hydrogen) atoms.